The summed E-state index contributed by atoms with van der Waals surface area (Å²) in [4.78, 5) is 34.0. The number of anilines is 1. The number of esters is 2. The number of unbranched alkanes of at least 4 members (excludes halogenated alkanes) is 1. The molecule has 2 aliphatic rings. The number of methoxy groups -OCH3 is 2. The van der Waals surface area contributed by atoms with Gasteiger partial charge in [0.1, 0.15) is 5.84 Å². The van der Waals surface area contributed by atoms with Crippen LogP contribution in [0.15, 0.2) is 75.9 Å². The first-order valence-corrected chi connectivity index (χ1v) is 15.1. The zero-order valence-corrected chi connectivity index (χ0v) is 26.8. The van der Waals surface area contributed by atoms with E-state index < -0.39 is 45.7 Å². The molecule has 0 amide bonds. The van der Waals surface area contributed by atoms with Gasteiger partial charge in [0.15, 0.2) is 10.3 Å². The number of allylic oxidation sites excluding steroid dienone is 1. The summed E-state index contributed by atoms with van der Waals surface area (Å²) in [5.74, 6) is -1.64. The fourth-order valence-electron chi connectivity index (χ4n) is 5.80. The molecule has 0 bridgehead atoms. The van der Waals surface area contributed by atoms with Crippen molar-refractivity contribution < 1.29 is 45.4 Å². The van der Waals surface area contributed by atoms with Gasteiger partial charge in [-0.25, -0.2) is 9.79 Å². The van der Waals surface area contributed by atoms with Crippen molar-refractivity contribution >= 4 is 40.9 Å². The average Bonchev–Trinajstić information content (AvgIpc) is 3.46. The number of alkyl halides is 6. The molecule has 0 aliphatic carbocycles. The van der Waals surface area contributed by atoms with Crippen LogP contribution in [0.3, 0.4) is 0 Å². The highest BCUT2D eigenvalue weighted by atomic mass is 32.2. The Morgan fingerprint density at radius 1 is 0.913 bits per heavy atom. The van der Waals surface area contributed by atoms with Crippen LogP contribution >= 0.6 is 11.8 Å². The standard InChI is InChI=1S/C32H33F6N3O4S/c1-7-8-17-40-19(2)18-46-30(40)25(20(3)26(42)44-5)41(24-15-11-22(12-16-24)32(36,37)38)27(29(30,4)28(43)45-6)39-23-13-9-21(10-14-23)31(33,34)35/h9-16,18H,7-8,17H2,1-6H3/b25-20+,39-27?/t29-,30+/m1/s1. The molecule has 1 fully saturated rings. The summed E-state index contributed by atoms with van der Waals surface area (Å²) in [7, 11) is 2.35. The first kappa shape index (κ1) is 34.9. The summed E-state index contributed by atoms with van der Waals surface area (Å²) >= 11 is 1.21. The third-order valence-electron chi connectivity index (χ3n) is 8.15. The van der Waals surface area contributed by atoms with Crippen LogP contribution in [0.5, 0.6) is 0 Å². The average molecular weight is 670 g/mol. The van der Waals surface area contributed by atoms with Crippen molar-refractivity contribution in [1.82, 2.24) is 4.90 Å². The van der Waals surface area contributed by atoms with E-state index in [0.717, 1.165) is 48.5 Å². The third-order valence-corrected chi connectivity index (χ3v) is 9.77. The quantitative estimate of drug-likeness (QED) is 0.167. The molecule has 2 atom stereocenters. The second-order valence-corrected chi connectivity index (χ2v) is 12.0. The van der Waals surface area contributed by atoms with Crippen LogP contribution in [0.4, 0.5) is 37.7 Å². The smallest absolute Gasteiger partial charge is 0.416 e. The summed E-state index contributed by atoms with van der Waals surface area (Å²) in [6, 6.07) is 8.00. The topological polar surface area (TPSA) is 71.4 Å². The molecule has 248 valence electrons. The highest BCUT2D eigenvalue weighted by molar-refractivity contribution is 8.04. The minimum atomic E-state index is -4.65. The van der Waals surface area contributed by atoms with Crippen LogP contribution < -0.4 is 4.90 Å². The lowest BCUT2D eigenvalue weighted by Crippen LogP contribution is -2.58. The number of hydrogen-bond acceptors (Lipinski definition) is 7. The molecule has 2 aromatic carbocycles. The number of nitrogens with zero attached hydrogens (tertiary/aromatic N) is 3. The van der Waals surface area contributed by atoms with E-state index in [1.165, 1.54) is 49.9 Å². The summed E-state index contributed by atoms with van der Waals surface area (Å²) in [5, 5.41) is 1.81. The van der Waals surface area contributed by atoms with Crippen LogP contribution in [0.2, 0.25) is 0 Å². The highest BCUT2D eigenvalue weighted by Crippen LogP contribution is 2.64. The predicted octanol–water partition coefficient (Wildman–Crippen LogP) is 8.31. The molecule has 0 unspecified atom stereocenters. The number of hydrogen-bond donors (Lipinski definition) is 0. The van der Waals surface area contributed by atoms with E-state index in [1.54, 1.807) is 6.92 Å². The number of thioether (sulfide) groups is 1. The fourth-order valence-corrected chi connectivity index (χ4v) is 7.40. The number of rotatable bonds is 7. The summed E-state index contributed by atoms with van der Waals surface area (Å²) in [6.07, 6.45) is -7.83. The molecule has 14 heteroatoms. The van der Waals surface area contributed by atoms with Crippen LogP contribution in [0.1, 0.15) is 51.7 Å². The second-order valence-electron chi connectivity index (χ2n) is 11.0. The van der Waals surface area contributed by atoms with Crippen molar-refractivity contribution in [3.63, 3.8) is 0 Å². The highest BCUT2D eigenvalue weighted by Gasteiger charge is 2.72. The van der Waals surface area contributed by atoms with E-state index in [0.29, 0.717) is 13.0 Å². The summed E-state index contributed by atoms with van der Waals surface area (Å²) in [5.41, 5.74) is -2.54. The number of carbonyl (C=O) groups is 2. The van der Waals surface area contributed by atoms with E-state index in [9.17, 15) is 35.9 Å². The van der Waals surface area contributed by atoms with E-state index >= 15 is 0 Å². The largest absolute Gasteiger partial charge is 0.468 e. The zero-order chi connectivity index (χ0) is 34.2. The van der Waals surface area contributed by atoms with Crippen molar-refractivity contribution in [2.24, 2.45) is 10.4 Å². The first-order chi connectivity index (χ1) is 21.5. The molecule has 2 aromatic rings. The van der Waals surface area contributed by atoms with Crippen LogP contribution in [-0.2, 0) is 31.4 Å². The van der Waals surface area contributed by atoms with Gasteiger partial charge < -0.3 is 14.4 Å². The lowest BCUT2D eigenvalue weighted by molar-refractivity contribution is -0.150. The first-order valence-electron chi connectivity index (χ1n) is 14.2. The number of amidine groups is 1. The van der Waals surface area contributed by atoms with Gasteiger partial charge in [-0.05, 0) is 81.1 Å². The molecule has 0 saturated carbocycles. The SMILES string of the molecule is CCCCN1C(C)=CS[C@]12/C(=C(/C)C(=O)OC)N(c1ccc(C(F)(F)F)cc1)C(=Nc1ccc(C(F)(F)F)cc1)[C@]2(C)C(=O)OC. The normalized spacial score (nSPS) is 23.7. The van der Waals surface area contributed by atoms with Crippen molar-refractivity contribution in [2.45, 2.75) is 57.8 Å². The maximum atomic E-state index is 14.2. The van der Waals surface area contributed by atoms with E-state index in [4.69, 9.17) is 14.5 Å². The predicted molar refractivity (Wildman–Crippen MR) is 163 cm³/mol. The Morgan fingerprint density at radius 3 is 1.93 bits per heavy atom. The van der Waals surface area contributed by atoms with Gasteiger partial charge in [0.05, 0.1) is 42.3 Å². The van der Waals surface area contributed by atoms with Gasteiger partial charge in [-0.1, -0.05) is 25.1 Å². The minimum Gasteiger partial charge on any atom is -0.468 e. The van der Waals surface area contributed by atoms with E-state index in [2.05, 4.69) is 0 Å². The van der Waals surface area contributed by atoms with Gasteiger partial charge in [-0.3, -0.25) is 9.69 Å². The minimum absolute atomic E-state index is 0.0231. The summed E-state index contributed by atoms with van der Waals surface area (Å²) < 4.78 is 91.4. The Bertz CT molecular complexity index is 1580. The fraction of sp³-hybridized carbons (Fsp3) is 0.406. The Hall–Kier alpha value is -3.94. The van der Waals surface area contributed by atoms with Gasteiger partial charge in [-0.2, -0.15) is 26.3 Å². The van der Waals surface area contributed by atoms with Crippen LogP contribution in [0.25, 0.3) is 0 Å². The Morgan fingerprint density at radius 2 is 1.46 bits per heavy atom. The number of ether oxygens (including phenoxy) is 2. The van der Waals surface area contributed by atoms with Crippen LogP contribution in [0, 0.1) is 5.41 Å². The van der Waals surface area contributed by atoms with E-state index in [1.807, 2.05) is 24.2 Å². The third kappa shape index (κ3) is 5.75. The van der Waals surface area contributed by atoms with Crippen molar-refractivity contribution in [2.75, 3.05) is 25.7 Å². The number of halogens is 6. The molecule has 46 heavy (non-hydrogen) atoms. The van der Waals surface area contributed by atoms with E-state index in [-0.39, 0.29) is 28.5 Å². The molecule has 2 heterocycles. The lowest BCUT2D eigenvalue weighted by atomic mass is 9.79. The molecule has 4 rings (SSSR count). The molecule has 7 nitrogen and oxygen atoms in total. The van der Waals surface area contributed by atoms with Gasteiger partial charge >= 0.3 is 24.3 Å². The van der Waals surface area contributed by atoms with Gasteiger partial charge in [-0.15, -0.1) is 0 Å². The number of benzene rings is 2. The molecule has 1 saturated heterocycles. The van der Waals surface area contributed by atoms with Gasteiger partial charge in [0, 0.05) is 17.9 Å². The summed E-state index contributed by atoms with van der Waals surface area (Å²) in [6.45, 7) is 7.24. The second kappa shape index (κ2) is 12.7. The van der Waals surface area contributed by atoms with Gasteiger partial charge in [0.25, 0.3) is 0 Å². The Labute approximate surface area is 266 Å². The molecule has 0 N–H and O–H groups in total. The maximum absolute atomic E-state index is 14.2. The molecule has 1 spiro atoms. The Balaban J connectivity index is 2.16. The van der Waals surface area contributed by atoms with Crippen molar-refractivity contribution in [3.05, 3.63) is 82.0 Å². The van der Waals surface area contributed by atoms with Gasteiger partial charge in [0.2, 0.25) is 0 Å². The molecular weight excluding hydrogens is 636 g/mol. The number of carbonyl (C=O) groups excluding carboxylic acids is 2. The molecule has 0 radical (unpaired) electrons. The maximum Gasteiger partial charge on any atom is 0.416 e. The van der Waals surface area contributed by atoms with Crippen molar-refractivity contribution in [1.29, 1.82) is 0 Å². The zero-order valence-electron chi connectivity index (χ0n) is 26.0. The lowest BCUT2D eigenvalue weighted by Gasteiger charge is -2.45. The molecule has 0 aromatic heterocycles. The van der Waals surface area contributed by atoms with Crippen molar-refractivity contribution in [3.8, 4) is 0 Å². The van der Waals surface area contributed by atoms with Crippen LogP contribution in [-0.4, -0.2) is 48.3 Å². The molecular formula is C32H33F6N3O4S. The number of aliphatic imine (C=N–C) groups is 1. The Kier molecular flexibility index (Phi) is 9.63. The monoisotopic (exact) mass is 669 g/mol. The molecule has 2 aliphatic heterocycles.